The zero-order valence-electron chi connectivity index (χ0n) is 13.1. The molecule has 120 valence electrons. The van der Waals surface area contributed by atoms with Gasteiger partial charge in [0.05, 0.1) is 12.0 Å². The topological polar surface area (TPSA) is 50.4 Å². The van der Waals surface area contributed by atoms with Gasteiger partial charge in [0.1, 0.15) is 5.75 Å². The molecule has 0 spiro atoms. The van der Waals surface area contributed by atoms with Gasteiger partial charge in [-0.2, -0.15) is 0 Å². The van der Waals surface area contributed by atoms with Crippen LogP contribution in [0, 0.1) is 5.92 Å². The number of carbonyl (C=O) groups is 1. The first-order valence-electron chi connectivity index (χ1n) is 8.56. The number of hydrogen-bond acceptors (Lipinski definition) is 3. The maximum Gasteiger partial charge on any atom is 0.224 e. The highest BCUT2D eigenvalue weighted by molar-refractivity contribution is 5.79. The van der Waals surface area contributed by atoms with Crippen molar-refractivity contribution in [2.24, 2.45) is 5.92 Å². The number of para-hydroxylation sites is 1. The van der Waals surface area contributed by atoms with Crippen LogP contribution in [0.1, 0.15) is 44.1 Å². The molecule has 22 heavy (non-hydrogen) atoms. The van der Waals surface area contributed by atoms with Gasteiger partial charge in [-0.05, 0) is 51.1 Å². The van der Waals surface area contributed by atoms with Crippen LogP contribution in [0.3, 0.4) is 0 Å². The summed E-state index contributed by atoms with van der Waals surface area (Å²) in [4.78, 5) is 12.2. The summed E-state index contributed by atoms with van der Waals surface area (Å²) >= 11 is 0. The average Bonchev–Trinajstić information content (AvgIpc) is 3.07. The van der Waals surface area contributed by atoms with Gasteiger partial charge in [-0.1, -0.05) is 18.2 Å². The van der Waals surface area contributed by atoms with Gasteiger partial charge in [-0.25, -0.2) is 0 Å². The summed E-state index contributed by atoms with van der Waals surface area (Å²) in [6.45, 7) is 2.38. The molecule has 4 nitrogen and oxygen atoms in total. The molecule has 1 amide bonds. The van der Waals surface area contributed by atoms with Crippen molar-refractivity contribution in [3.05, 3.63) is 29.8 Å². The molecule has 3 rings (SSSR count). The van der Waals surface area contributed by atoms with Crippen LogP contribution in [0.5, 0.6) is 5.75 Å². The highest BCUT2D eigenvalue weighted by Crippen LogP contribution is 2.26. The normalized spacial score (nSPS) is 22.5. The molecule has 0 radical (unpaired) electrons. The summed E-state index contributed by atoms with van der Waals surface area (Å²) in [6.07, 6.45) is 7.23. The van der Waals surface area contributed by atoms with Crippen LogP contribution in [0.4, 0.5) is 0 Å². The molecule has 0 aromatic heterocycles. The molecule has 2 fully saturated rings. The Kier molecular flexibility index (Phi) is 5.33. The highest BCUT2D eigenvalue weighted by atomic mass is 16.5. The van der Waals surface area contributed by atoms with Gasteiger partial charge >= 0.3 is 0 Å². The van der Waals surface area contributed by atoms with E-state index in [4.69, 9.17) is 4.74 Å². The zero-order chi connectivity index (χ0) is 15.2. The first-order valence-corrected chi connectivity index (χ1v) is 8.56. The van der Waals surface area contributed by atoms with Gasteiger partial charge in [-0.15, -0.1) is 0 Å². The predicted molar refractivity (Wildman–Crippen MR) is 86.8 cm³/mol. The van der Waals surface area contributed by atoms with Crippen molar-refractivity contribution in [2.45, 2.75) is 51.2 Å². The molecule has 2 aliphatic rings. The van der Waals surface area contributed by atoms with Crippen molar-refractivity contribution < 1.29 is 9.53 Å². The van der Waals surface area contributed by atoms with Gasteiger partial charge in [0.2, 0.25) is 5.91 Å². The Hall–Kier alpha value is -1.55. The van der Waals surface area contributed by atoms with E-state index >= 15 is 0 Å². The Morgan fingerprint density at radius 1 is 1.18 bits per heavy atom. The van der Waals surface area contributed by atoms with Crippen LogP contribution in [-0.2, 0) is 11.3 Å². The van der Waals surface area contributed by atoms with Crippen molar-refractivity contribution in [3.63, 3.8) is 0 Å². The Morgan fingerprint density at radius 2 is 2.00 bits per heavy atom. The lowest BCUT2D eigenvalue weighted by atomic mass is 9.99. The fourth-order valence-corrected chi connectivity index (χ4v) is 3.35. The summed E-state index contributed by atoms with van der Waals surface area (Å²) < 4.78 is 6.12. The van der Waals surface area contributed by atoms with Crippen molar-refractivity contribution in [2.75, 3.05) is 13.1 Å². The third-order valence-electron chi connectivity index (χ3n) is 4.69. The Labute approximate surface area is 132 Å². The number of amides is 1. The van der Waals surface area contributed by atoms with E-state index in [0.29, 0.717) is 12.6 Å². The number of benzene rings is 1. The molecule has 4 heteroatoms. The predicted octanol–water partition coefficient (Wildman–Crippen LogP) is 2.62. The molecule has 1 saturated heterocycles. The van der Waals surface area contributed by atoms with Crippen molar-refractivity contribution >= 4 is 5.91 Å². The quantitative estimate of drug-likeness (QED) is 0.879. The fourth-order valence-electron chi connectivity index (χ4n) is 3.35. The highest BCUT2D eigenvalue weighted by Gasteiger charge is 2.21. The van der Waals surface area contributed by atoms with E-state index in [1.807, 2.05) is 24.3 Å². The molecule has 1 aromatic rings. The first kappa shape index (κ1) is 15.3. The number of carbonyl (C=O) groups excluding carboxylic acids is 1. The molecule has 1 aliphatic heterocycles. The minimum absolute atomic E-state index is 0.108. The van der Waals surface area contributed by atoms with Crippen molar-refractivity contribution in [1.82, 2.24) is 10.6 Å². The monoisotopic (exact) mass is 302 g/mol. The Balaban J connectivity index is 1.56. The molecule has 1 unspecified atom stereocenters. The number of nitrogens with one attached hydrogen (secondary N) is 2. The van der Waals surface area contributed by atoms with Gasteiger partial charge in [0.15, 0.2) is 0 Å². The number of ether oxygens (including phenoxy) is 1. The largest absolute Gasteiger partial charge is 0.490 e. The summed E-state index contributed by atoms with van der Waals surface area (Å²) in [5, 5.41) is 6.36. The average molecular weight is 302 g/mol. The minimum atomic E-state index is 0.108. The molecule has 1 heterocycles. The third-order valence-corrected chi connectivity index (χ3v) is 4.69. The second-order valence-electron chi connectivity index (χ2n) is 6.39. The zero-order valence-corrected chi connectivity index (χ0v) is 13.1. The summed E-state index contributed by atoms with van der Waals surface area (Å²) in [5.41, 5.74) is 1.08. The van der Waals surface area contributed by atoms with Crippen LogP contribution in [0.15, 0.2) is 24.3 Å². The van der Waals surface area contributed by atoms with Gasteiger partial charge in [0.25, 0.3) is 0 Å². The van der Waals surface area contributed by atoms with Crippen molar-refractivity contribution in [3.8, 4) is 5.75 Å². The Bertz CT molecular complexity index is 492. The summed E-state index contributed by atoms with van der Waals surface area (Å²) in [7, 11) is 0. The van der Waals surface area contributed by atoms with E-state index in [1.165, 1.54) is 12.8 Å². The summed E-state index contributed by atoms with van der Waals surface area (Å²) in [5.74, 6) is 1.19. The molecular weight excluding hydrogens is 276 g/mol. The second kappa shape index (κ2) is 7.63. The third kappa shape index (κ3) is 4.01. The number of piperidine rings is 1. The molecular formula is C18H26N2O2. The molecule has 1 aliphatic carbocycles. The van der Waals surface area contributed by atoms with Crippen LogP contribution in [-0.4, -0.2) is 25.1 Å². The van der Waals surface area contributed by atoms with Crippen LogP contribution >= 0.6 is 0 Å². The SMILES string of the molecule is O=C(NCc1ccccc1OC1CCCC1)C1CCCNC1. The van der Waals surface area contributed by atoms with E-state index in [2.05, 4.69) is 10.6 Å². The maximum atomic E-state index is 12.2. The molecule has 1 atom stereocenters. The van der Waals surface area contributed by atoms with E-state index in [9.17, 15) is 4.79 Å². The number of rotatable bonds is 5. The minimum Gasteiger partial charge on any atom is -0.490 e. The molecule has 2 N–H and O–H groups in total. The maximum absolute atomic E-state index is 12.2. The van der Waals surface area contributed by atoms with E-state index in [1.54, 1.807) is 0 Å². The Morgan fingerprint density at radius 3 is 2.77 bits per heavy atom. The smallest absolute Gasteiger partial charge is 0.224 e. The van der Waals surface area contributed by atoms with Crippen LogP contribution in [0.2, 0.25) is 0 Å². The van der Waals surface area contributed by atoms with Gasteiger partial charge in [0, 0.05) is 18.7 Å². The second-order valence-corrected chi connectivity index (χ2v) is 6.39. The van der Waals surface area contributed by atoms with Gasteiger partial charge in [-0.3, -0.25) is 4.79 Å². The van der Waals surface area contributed by atoms with E-state index in [-0.39, 0.29) is 11.8 Å². The van der Waals surface area contributed by atoms with E-state index < -0.39 is 0 Å². The van der Waals surface area contributed by atoms with Gasteiger partial charge < -0.3 is 15.4 Å². The van der Waals surface area contributed by atoms with Crippen LogP contribution < -0.4 is 15.4 Å². The molecule has 0 bridgehead atoms. The number of hydrogen-bond donors (Lipinski definition) is 2. The fraction of sp³-hybridized carbons (Fsp3) is 0.611. The van der Waals surface area contributed by atoms with Crippen LogP contribution in [0.25, 0.3) is 0 Å². The lowest BCUT2D eigenvalue weighted by Crippen LogP contribution is -2.40. The lowest BCUT2D eigenvalue weighted by molar-refractivity contribution is -0.125. The lowest BCUT2D eigenvalue weighted by Gasteiger charge is -2.22. The van der Waals surface area contributed by atoms with Crippen molar-refractivity contribution in [1.29, 1.82) is 0 Å². The first-order chi connectivity index (χ1) is 10.8. The molecule has 1 aromatic carbocycles. The summed E-state index contributed by atoms with van der Waals surface area (Å²) in [6, 6.07) is 8.07. The molecule has 1 saturated carbocycles. The van der Waals surface area contributed by atoms with E-state index in [0.717, 1.165) is 50.1 Å². The standard InChI is InChI=1S/C18H26N2O2/c21-18(15-7-5-11-19-12-15)20-13-14-6-1-4-10-17(14)22-16-8-2-3-9-16/h1,4,6,10,15-16,19H,2-3,5,7-9,11-13H2,(H,20,21).